The third-order valence-corrected chi connectivity index (χ3v) is 10.3. The van der Waals surface area contributed by atoms with Crippen LogP contribution < -0.4 is 16.4 Å². The standard InChI is InChI=1S/C29H32F3N7O3S2/c1-28-9-8-18(14-16-4-6-19-17(13-16)5-7-22(37-19)29(30,31)32)26(42)39(28)21(15-44-28)24(41)38-20(3-2-10-36-27(33)34)23(40)25-35-11-12-43-25/h4-7,11-13,18,20-21H,2-3,8-10,14-15H2,1H3,(H,38,41)(H4,33,34,36). The summed E-state index contributed by atoms with van der Waals surface area (Å²) in [5.41, 5.74) is 5.40. The van der Waals surface area contributed by atoms with Crippen molar-refractivity contribution in [2.45, 2.75) is 62.2 Å². The number of carbonyl (C=O) groups excluding carboxylic acids is 3. The molecule has 4 atom stereocenters. The zero-order chi connectivity index (χ0) is 31.6. The highest BCUT2D eigenvalue weighted by Crippen LogP contribution is 2.48. The van der Waals surface area contributed by atoms with E-state index in [4.69, 9.17) is 11.1 Å². The largest absolute Gasteiger partial charge is 0.433 e. The van der Waals surface area contributed by atoms with Crippen molar-refractivity contribution in [1.82, 2.24) is 25.5 Å². The lowest BCUT2D eigenvalue weighted by atomic mass is 9.86. The van der Waals surface area contributed by atoms with Gasteiger partial charge in [-0.2, -0.15) is 13.2 Å². The normalized spacial score (nSPS) is 22.5. The number of aromatic nitrogens is 2. The number of piperidine rings is 1. The van der Waals surface area contributed by atoms with Crippen LogP contribution >= 0.6 is 23.1 Å². The Morgan fingerprint density at radius 1 is 1.27 bits per heavy atom. The number of ketones is 1. The minimum absolute atomic E-state index is 0.164. The number of halogens is 3. The van der Waals surface area contributed by atoms with Crippen molar-refractivity contribution in [1.29, 1.82) is 5.41 Å². The second kappa shape index (κ2) is 12.7. The molecule has 5 N–H and O–H groups in total. The van der Waals surface area contributed by atoms with E-state index >= 15 is 0 Å². The van der Waals surface area contributed by atoms with Gasteiger partial charge in [-0.05, 0) is 62.8 Å². The summed E-state index contributed by atoms with van der Waals surface area (Å²) in [5, 5.41) is 15.4. The predicted molar refractivity (Wildman–Crippen MR) is 162 cm³/mol. The number of alkyl halides is 3. The first-order valence-electron chi connectivity index (χ1n) is 14.1. The monoisotopic (exact) mass is 647 g/mol. The van der Waals surface area contributed by atoms with Crippen LogP contribution in [-0.2, 0) is 22.2 Å². The summed E-state index contributed by atoms with van der Waals surface area (Å²) in [6.07, 6.45) is -0.626. The smallest absolute Gasteiger partial charge is 0.370 e. The van der Waals surface area contributed by atoms with Crippen molar-refractivity contribution in [3.8, 4) is 0 Å². The van der Waals surface area contributed by atoms with Crippen LogP contribution in [0.1, 0.15) is 53.7 Å². The maximum absolute atomic E-state index is 13.9. The first kappa shape index (κ1) is 31.7. The molecule has 1 aromatic carbocycles. The Kier molecular flexibility index (Phi) is 9.16. The number of hydrogen-bond acceptors (Lipinski definition) is 8. The number of thioether (sulfide) groups is 1. The number of pyridine rings is 1. The van der Waals surface area contributed by atoms with Gasteiger partial charge in [-0.25, -0.2) is 9.97 Å². The molecule has 2 aliphatic rings. The van der Waals surface area contributed by atoms with E-state index in [0.717, 1.165) is 11.6 Å². The van der Waals surface area contributed by atoms with E-state index in [1.807, 2.05) is 6.92 Å². The summed E-state index contributed by atoms with van der Waals surface area (Å²) >= 11 is 2.72. The molecule has 0 aliphatic carbocycles. The first-order valence-corrected chi connectivity index (χ1v) is 16.0. The van der Waals surface area contributed by atoms with Gasteiger partial charge in [0, 0.05) is 35.2 Å². The predicted octanol–water partition coefficient (Wildman–Crippen LogP) is 3.95. The summed E-state index contributed by atoms with van der Waals surface area (Å²) in [7, 11) is 0. The average Bonchev–Trinajstić information content (AvgIpc) is 3.64. The number of guanidine groups is 1. The topological polar surface area (TPSA) is 154 Å². The number of nitrogens with two attached hydrogens (primary N) is 1. The van der Waals surface area contributed by atoms with Crippen molar-refractivity contribution in [3.63, 3.8) is 0 Å². The van der Waals surface area contributed by atoms with Crippen molar-refractivity contribution in [2.24, 2.45) is 11.7 Å². The van der Waals surface area contributed by atoms with Crippen LogP contribution in [0.3, 0.4) is 0 Å². The molecule has 2 fully saturated rings. The Balaban J connectivity index is 1.30. The maximum Gasteiger partial charge on any atom is 0.433 e. The third-order valence-electron chi connectivity index (χ3n) is 8.01. The summed E-state index contributed by atoms with van der Waals surface area (Å²) in [6.45, 7) is 2.30. The molecule has 10 nitrogen and oxygen atoms in total. The molecule has 2 aliphatic heterocycles. The molecule has 234 valence electrons. The summed E-state index contributed by atoms with van der Waals surface area (Å²) < 4.78 is 39.2. The third kappa shape index (κ3) is 6.83. The van der Waals surface area contributed by atoms with Gasteiger partial charge in [0.15, 0.2) is 11.0 Å². The second-order valence-electron chi connectivity index (χ2n) is 11.1. The Morgan fingerprint density at radius 2 is 2.07 bits per heavy atom. The van der Waals surface area contributed by atoms with Crippen LogP contribution in [-0.4, -0.2) is 67.7 Å². The lowest BCUT2D eigenvalue weighted by Crippen LogP contribution is -2.59. The number of fused-ring (bicyclic) bond motifs is 2. The van der Waals surface area contributed by atoms with E-state index in [2.05, 4.69) is 20.6 Å². The van der Waals surface area contributed by atoms with Crippen molar-refractivity contribution >= 4 is 57.6 Å². The molecule has 44 heavy (non-hydrogen) atoms. The molecule has 0 saturated carbocycles. The quantitative estimate of drug-likeness (QED) is 0.112. The molecule has 4 unspecified atom stereocenters. The van der Waals surface area contributed by atoms with Gasteiger partial charge >= 0.3 is 6.18 Å². The number of Topliss-reactive ketones (excluding diaryl/α,β-unsaturated/α-hetero) is 1. The Bertz CT molecular complexity index is 1570. The highest BCUT2D eigenvalue weighted by atomic mass is 32.2. The average molecular weight is 648 g/mol. The van der Waals surface area contributed by atoms with Gasteiger partial charge in [0.05, 0.1) is 16.4 Å². The highest BCUT2D eigenvalue weighted by molar-refractivity contribution is 8.00. The fraction of sp³-hybridized carbons (Fsp3) is 0.448. The lowest BCUT2D eigenvalue weighted by Gasteiger charge is -2.44. The molecule has 3 aromatic rings. The number of thiazole rings is 1. The highest BCUT2D eigenvalue weighted by Gasteiger charge is 2.53. The minimum Gasteiger partial charge on any atom is -0.370 e. The summed E-state index contributed by atoms with van der Waals surface area (Å²) in [5.74, 6) is -1.12. The Labute approximate surface area is 259 Å². The molecular weight excluding hydrogens is 615 g/mol. The number of hydrogen-bond donors (Lipinski definition) is 4. The van der Waals surface area contributed by atoms with Gasteiger partial charge in [-0.3, -0.25) is 19.8 Å². The SMILES string of the molecule is CC12CCC(Cc3ccc4nc(C(F)(F)F)ccc4c3)C(=O)N1C(C(=O)NC(CCCNC(=N)N)C(=O)c1nccs1)CS2. The second-order valence-corrected chi connectivity index (χ2v) is 13.5. The Hall–Kier alpha value is -3.72. The van der Waals surface area contributed by atoms with Gasteiger partial charge in [-0.15, -0.1) is 23.1 Å². The fourth-order valence-electron chi connectivity index (χ4n) is 5.76. The van der Waals surface area contributed by atoms with E-state index in [1.165, 1.54) is 29.7 Å². The number of amides is 2. The van der Waals surface area contributed by atoms with Crippen LogP contribution in [0.4, 0.5) is 13.2 Å². The van der Waals surface area contributed by atoms with Crippen molar-refractivity contribution in [3.05, 3.63) is 58.2 Å². The summed E-state index contributed by atoms with van der Waals surface area (Å²) in [4.78, 5) is 49.7. The van der Waals surface area contributed by atoms with Crippen LogP contribution in [0, 0.1) is 11.3 Å². The lowest BCUT2D eigenvalue weighted by molar-refractivity contribution is -0.149. The molecule has 4 heterocycles. The maximum atomic E-state index is 13.9. The molecule has 0 radical (unpaired) electrons. The molecule has 5 rings (SSSR count). The van der Waals surface area contributed by atoms with Gasteiger partial charge in [0.25, 0.3) is 0 Å². The van der Waals surface area contributed by atoms with E-state index in [9.17, 15) is 27.6 Å². The zero-order valence-electron chi connectivity index (χ0n) is 23.8. The van der Waals surface area contributed by atoms with Gasteiger partial charge in [0.2, 0.25) is 17.6 Å². The molecule has 2 aromatic heterocycles. The van der Waals surface area contributed by atoms with Crippen LogP contribution in [0.25, 0.3) is 10.9 Å². The molecule has 15 heteroatoms. The number of nitrogens with one attached hydrogen (secondary N) is 3. The molecular formula is C29H32F3N7O3S2. The number of rotatable bonds is 10. The Morgan fingerprint density at radius 3 is 2.77 bits per heavy atom. The van der Waals surface area contributed by atoms with Crippen molar-refractivity contribution < 1.29 is 27.6 Å². The van der Waals surface area contributed by atoms with E-state index in [0.29, 0.717) is 49.8 Å². The number of benzene rings is 1. The van der Waals surface area contributed by atoms with Crippen LogP contribution in [0.2, 0.25) is 0 Å². The molecule has 2 saturated heterocycles. The van der Waals surface area contributed by atoms with Crippen LogP contribution in [0.15, 0.2) is 41.9 Å². The van der Waals surface area contributed by atoms with E-state index < -0.39 is 40.6 Å². The first-order chi connectivity index (χ1) is 20.9. The zero-order valence-corrected chi connectivity index (χ0v) is 25.5. The van der Waals surface area contributed by atoms with E-state index in [-0.39, 0.29) is 28.2 Å². The minimum atomic E-state index is -4.54. The van der Waals surface area contributed by atoms with Gasteiger partial charge in [0.1, 0.15) is 11.7 Å². The van der Waals surface area contributed by atoms with Gasteiger partial charge in [-0.1, -0.05) is 12.1 Å². The van der Waals surface area contributed by atoms with E-state index in [1.54, 1.807) is 34.2 Å². The number of carbonyl (C=O) groups is 3. The molecule has 0 bridgehead atoms. The fourth-order valence-corrected chi connectivity index (χ4v) is 7.83. The molecule has 0 spiro atoms. The summed E-state index contributed by atoms with van der Waals surface area (Å²) in [6, 6.07) is 5.66. The molecule has 2 amide bonds. The van der Waals surface area contributed by atoms with Gasteiger partial charge < -0.3 is 21.3 Å². The number of nitrogens with zero attached hydrogens (tertiary/aromatic N) is 3. The van der Waals surface area contributed by atoms with Crippen molar-refractivity contribution in [2.75, 3.05) is 12.3 Å². The van der Waals surface area contributed by atoms with Crippen LogP contribution in [0.5, 0.6) is 0 Å².